The van der Waals surface area contributed by atoms with Gasteiger partial charge in [-0.1, -0.05) is 11.2 Å². The smallest absolute Gasteiger partial charge is 0.231 e. The number of methoxy groups -OCH3 is 1. The molecule has 0 unspecified atom stereocenters. The van der Waals surface area contributed by atoms with E-state index in [1.165, 1.54) is 13.2 Å². The maximum atomic E-state index is 14.0. The molecule has 3 heterocycles. The number of rotatable bonds is 4. The van der Waals surface area contributed by atoms with E-state index in [4.69, 9.17) is 18.7 Å². The first-order valence-corrected chi connectivity index (χ1v) is 9.45. The van der Waals surface area contributed by atoms with Gasteiger partial charge in [-0.05, 0) is 47.3 Å². The van der Waals surface area contributed by atoms with Gasteiger partial charge in [0.25, 0.3) is 0 Å². The molecule has 7 heteroatoms. The highest BCUT2D eigenvalue weighted by Crippen LogP contribution is 2.44. The minimum atomic E-state index is -0.426. The van der Waals surface area contributed by atoms with Gasteiger partial charge in [0.05, 0.1) is 12.7 Å². The second-order valence-corrected chi connectivity index (χ2v) is 6.94. The number of halogens is 1. The topological polar surface area (TPSA) is 53.7 Å². The lowest BCUT2D eigenvalue weighted by Gasteiger charge is -2.08. The molecule has 5 nitrogen and oxygen atoms in total. The van der Waals surface area contributed by atoms with Gasteiger partial charge in [-0.3, -0.25) is 0 Å². The third kappa shape index (κ3) is 2.71. The van der Waals surface area contributed by atoms with Crippen molar-refractivity contribution in [2.75, 3.05) is 13.9 Å². The van der Waals surface area contributed by atoms with Crippen LogP contribution in [0.2, 0.25) is 0 Å². The fourth-order valence-corrected chi connectivity index (χ4v) is 3.84. The molecule has 1 aliphatic heterocycles. The molecule has 0 radical (unpaired) electrons. The van der Waals surface area contributed by atoms with E-state index in [2.05, 4.69) is 5.16 Å². The zero-order chi connectivity index (χ0) is 19.1. The van der Waals surface area contributed by atoms with Crippen molar-refractivity contribution >= 4 is 11.3 Å². The Labute approximate surface area is 163 Å². The van der Waals surface area contributed by atoms with E-state index < -0.39 is 5.82 Å². The van der Waals surface area contributed by atoms with E-state index in [0.717, 1.165) is 22.3 Å². The van der Waals surface area contributed by atoms with Crippen LogP contribution in [0.25, 0.3) is 33.7 Å². The highest BCUT2D eigenvalue weighted by atomic mass is 32.1. The average Bonchev–Trinajstić information content (AvgIpc) is 3.46. The molecule has 5 rings (SSSR count). The van der Waals surface area contributed by atoms with Crippen molar-refractivity contribution in [3.8, 4) is 51.0 Å². The normalized spacial score (nSPS) is 12.4. The summed E-state index contributed by atoms with van der Waals surface area (Å²) in [5, 5.41) is 8.27. The molecular formula is C21H14FNO4S. The average molecular weight is 395 g/mol. The van der Waals surface area contributed by atoms with E-state index in [1.54, 1.807) is 23.5 Å². The minimum absolute atomic E-state index is 0.159. The van der Waals surface area contributed by atoms with Gasteiger partial charge >= 0.3 is 0 Å². The van der Waals surface area contributed by atoms with Crippen LogP contribution in [-0.2, 0) is 0 Å². The van der Waals surface area contributed by atoms with E-state index in [9.17, 15) is 4.39 Å². The summed E-state index contributed by atoms with van der Waals surface area (Å²) < 4.78 is 35.7. The van der Waals surface area contributed by atoms with Crippen LogP contribution in [-0.4, -0.2) is 19.1 Å². The number of benzene rings is 2. The van der Waals surface area contributed by atoms with Crippen LogP contribution in [0.3, 0.4) is 0 Å². The molecular weight excluding hydrogens is 381 g/mol. The predicted octanol–water partition coefficient (Wildman–Crippen LogP) is 5.61. The Morgan fingerprint density at radius 2 is 1.86 bits per heavy atom. The van der Waals surface area contributed by atoms with Crippen LogP contribution < -0.4 is 14.2 Å². The van der Waals surface area contributed by atoms with Gasteiger partial charge in [-0.15, -0.1) is 0 Å². The first kappa shape index (κ1) is 16.8. The van der Waals surface area contributed by atoms with Gasteiger partial charge in [-0.25, -0.2) is 4.39 Å². The molecule has 140 valence electrons. The summed E-state index contributed by atoms with van der Waals surface area (Å²) in [6, 6.07) is 12.3. The Bertz CT molecular complexity index is 1150. The van der Waals surface area contributed by atoms with Gasteiger partial charge in [0, 0.05) is 16.5 Å². The maximum Gasteiger partial charge on any atom is 0.231 e. The molecule has 0 bridgehead atoms. The highest BCUT2D eigenvalue weighted by Gasteiger charge is 2.24. The van der Waals surface area contributed by atoms with Crippen LogP contribution in [0.5, 0.6) is 17.2 Å². The zero-order valence-electron chi connectivity index (χ0n) is 14.8. The summed E-state index contributed by atoms with van der Waals surface area (Å²) in [5.41, 5.74) is 3.85. The van der Waals surface area contributed by atoms with Crippen molar-refractivity contribution < 1.29 is 23.1 Å². The van der Waals surface area contributed by atoms with E-state index >= 15 is 0 Å². The third-order valence-corrected chi connectivity index (χ3v) is 5.24. The van der Waals surface area contributed by atoms with E-state index in [1.807, 2.05) is 35.0 Å². The van der Waals surface area contributed by atoms with Crippen LogP contribution in [0.1, 0.15) is 0 Å². The summed E-state index contributed by atoms with van der Waals surface area (Å²) in [5.74, 6) is 1.69. The van der Waals surface area contributed by atoms with Crippen molar-refractivity contribution in [3.05, 3.63) is 59.0 Å². The number of hydrogen-bond donors (Lipinski definition) is 0. The Balaban J connectivity index is 1.73. The zero-order valence-corrected chi connectivity index (χ0v) is 15.6. The Hall–Kier alpha value is -3.32. The summed E-state index contributed by atoms with van der Waals surface area (Å²) in [7, 11) is 1.44. The maximum absolute atomic E-state index is 14.0. The lowest BCUT2D eigenvalue weighted by Crippen LogP contribution is -1.92. The number of fused-ring (bicyclic) bond motifs is 1. The van der Waals surface area contributed by atoms with Gasteiger partial charge in [0.15, 0.2) is 28.8 Å². The summed E-state index contributed by atoms with van der Waals surface area (Å²) in [6.45, 7) is 0.194. The molecule has 0 saturated heterocycles. The van der Waals surface area contributed by atoms with Crippen LogP contribution in [0, 0.1) is 5.82 Å². The number of ether oxygens (including phenoxy) is 3. The Morgan fingerprint density at radius 1 is 1.00 bits per heavy atom. The van der Waals surface area contributed by atoms with Gasteiger partial charge in [0.1, 0.15) is 5.69 Å². The second kappa shape index (κ2) is 6.69. The fraction of sp³-hybridized carbons (Fsp3) is 0.0952. The number of aromatic nitrogens is 1. The van der Waals surface area contributed by atoms with Crippen molar-refractivity contribution in [1.82, 2.24) is 5.16 Å². The lowest BCUT2D eigenvalue weighted by atomic mass is 9.97. The number of nitrogens with zero attached hydrogens (tertiary/aromatic N) is 1. The minimum Gasteiger partial charge on any atom is -0.494 e. The second-order valence-electron chi connectivity index (χ2n) is 6.16. The highest BCUT2D eigenvalue weighted by molar-refractivity contribution is 7.08. The Morgan fingerprint density at radius 3 is 2.68 bits per heavy atom. The number of thiophene rings is 1. The predicted molar refractivity (Wildman–Crippen MR) is 103 cm³/mol. The molecule has 4 aromatic rings. The molecule has 0 saturated carbocycles. The van der Waals surface area contributed by atoms with Crippen LogP contribution in [0.15, 0.2) is 57.7 Å². The molecule has 0 amide bonds. The molecule has 0 aliphatic carbocycles. The molecule has 0 fully saturated rings. The Kier molecular flexibility index (Phi) is 4.02. The van der Waals surface area contributed by atoms with E-state index in [0.29, 0.717) is 23.0 Å². The van der Waals surface area contributed by atoms with Gasteiger partial charge in [-0.2, -0.15) is 11.3 Å². The quantitative estimate of drug-likeness (QED) is 0.449. The standard InChI is InChI=1S/C21H14FNO4S/c1-24-17-8-12(2-4-15(17)22)19-20(23-27-21(19)14-6-7-28-10-14)13-3-5-16-18(9-13)26-11-25-16/h2-10H,11H2,1H3. The van der Waals surface area contributed by atoms with Crippen molar-refractivity contribution in [3.63, 3.8) is 0 Å². The lowest BCUT2D eigenvalue weighted by molar-refractivity contribution is 0.174. The summed E-state index contributed by atoms with van der Waals surface area (Å²) in [4.78, 5) is 0. The first-order chi connectivity index (χ1) is 13.7. The molecule has 0 N–H and O–H groups in total. The molecule has 2 aromatic heterocycles. The molecule has 0 spiro atoms. The van der Waals surface area contributed by atoms with Crippen LogP contribution >= 0.6 is 11.3 Å². The third-order valence-electron chi connectivity index (χ3n) is 4.56. The first-order valence-electron chi connectivity index (χ1n) is 8.51. The van der Waals surface area contributed by atoms with Crippen molar-refractivity contribution in [1.29, 1.82) is 0 Å². The SMILES string of the molecule is COc1cc(-c2c(-c3ccc4c(c3)OCO4)noc2-c2ccsc2)ccc1F. The summed E-state index contributed by atoms with van der Waals surface area (Å²) >= 11 is 1.56. The van der Waals surface area contributed by atoms with E-state index in [-0.39, 0.29) is 12.5 Å². The fourth-order valence-electron chi connectivity index (χ4n) is 3.20. The van der Waals surface area contributed by atoms with Gasteiger partial charge in [0.2, 0.25) is 6.79 Å². The van der Waals surface area contributed by atoms with Crippen LogP contribution in [0.4, 0.5) is 4.39 Å². The monoisotopic (exact) mass is 395 g/mol. The van der Waals surface area contributed by atoms with Crippen molar-refractivity contribution in [2.45, 2.75) is 0 Å². The largest absolute Gasteiger partial charge is 0.494 e. The molecule has 2 aromatic carbocycles. The number of hydrogen-bond acceptors (Lipinski definition) is 6. The molecule has 1 aliphatic rings. The molecule has 28 heavy (non-hydrogen) atoms. The van der Waals surface area contributed by atoms with Crippen molar-refractivity contribution in [2.24, 2.45) is 0 Å². The molecule has 0 atom stereocenters. The van der Waals surface area contributed by atoms with Gasteiger partial charge < -0.3 is 18.7 Å². The summed E-state index contributed by atoms with van der Waals surface area (Å²) in [6.07, 6.45) is 0.